The Hall–Kier alpha value is -2.10. The maximum absolute atomic E-state index is 13.7. The van der Waals surface area contributed by atoms with Crippen LogP contribution in [0.4, 0.5) is 4.39 Å². The lowest BCUT2D eigenvalue weighted by molar-refractivity contribution is -0.139. The van der Waals surface area contributed by atoms with Crippen molar-refractivity contribution < 1.29 is 13.9 Å². The zero-order chi connectivity index (χ0) is 20.5. The second-order valence-corrected chi connectivity index (χ2v) is 8.49. The minimum absolute atomic E-state index is 0.176. The van der Waals surface area contributed by atoms with Crippen LogP contribution in [0.15, 0.2) is 50.5 Å². The number of esters is 1. The molecule has 1 fully saturated rings. The number of aromatic nitrogens is 1. The minimum Gasteiger partial charge on any atom is -0.463 e. The molecule has 1 N–H and O–H groups in total. The Balaban J connectivity index is 1.91. The summed E-state index contributed by atoms with van der Waals surface area (Å²) in [5, 5.41) is 5.97. The van der Waals surface area contributed by atoms with E-state index >= 15 is 0 Å². The van der Waals surface area contributed by atoms with E-state index in [1.54, 1.807) is 19.2 Å². The molecule has 1 unspecified atom stereocenters. The lowest BCUT2D eigenvalue weighted by Crippen LogP contribution is -2.37. The molecule has 2 aromatic rings. The number of carbonyl (C=O) groups excluding carboxylic acids is 1. The highest BCUT2D eigenvalue weighted by Gasteiger charge is 2.42. The van der Waals surface area contributed by atoms with Crippen LogP contribution < -0.4 is 5.32 Å². The van der Waals surface area contributed by atoms with Gasteiger partial charge in [-0.05, 0) is 31.7 Å². The third kappa shape index (κ3) is 3.74. The van der Waals surface area contributed by atoms with Gasteiger partial charge in [-0.2, -0.15) is 0 Å². The van der Waals surface area contributed by atoms with Crippen molar-refractivity contribution in [2.75, 3.05) is 20.2 Å². The Kier molecular flexibility index (Phi) is 5.80. The Morgan fingerprint density at radius 2 is 2.31 bits per heavy atom. The Morgan fingerprint density at radius 1 is 1.48 bits per heavy atom. The van der Waals surface area contributed by atoms with Crippen LogP contribution in [0.1, 0.15) is 30.0 Å². The van der Waals surface area contributed by atoms with E-state index in [9.17, 15) is 9.18 Å². The summed E-state index contributed by atoms with van der Waals surface area (Å²) in [6, 6.07) is 4.00. The van der Waals surface area contributed by atoms with E-state index in [0.29, 0.717) is 28.6 Å². The normalized spacial score (nSPS) is 21.2. The van der Waals surface area contributed by atoms with E-state index in [-0.39, 0.29) is 18.5 Å². The molecule has 2 atom stereocenters. The number of nitrogens with one attached hydrogen (secondary N) is 1. The summed E-state index contributed by atoms with van der Waals surface area (Å²) in [5.41, 5.74) is 2.09. The number of hydrogen-bond acceptors (Lipinski definition) is 7. The molecule has 29 heavy (non-hydrogen) atoms. The number of fused-ring (bicyclic) bond motifs is 1. The van der Waals surface area contributed by atoms with E-state index in [0.717, 1.165) is 16.5 Å². The minimum atomic E-state index is -0.607. The molecule has 152 valence electrons. The summed E-state index contributed by atoms with van der Waals surface area (Å²) in [6.45, 7) is 2.73. The molecule has 0 bridgehead atoms. The van der Waals surface area contributed by atoms with Gasteiger partial charge in [0.2, 0.25) is 0 Å². The van der Waals surface area contributed by atoms with E-state index in [1.807, 2.05) is 12.4 Å². The average molecular weight is 479 g/mol. The number of rotatable bonds is 5. The van der Waals surface area contributed by atoms with Crippen LogP contribution in [0.5, 0.6) is 0 Å². The number of nitrogens with zero attached hydrogens (tertiary/aromatic N) is 3. The fraction of sp³-hybridized carbons (Fsp3) is 0.350. The van der Waals surface area contributed by atoms with Gasteiger partial charge >= 0.3 is 5.97 Å². The molecule has 0 aliphatic carbocycles. The molecule has 1 saturated heterocycles. The zero-order valence-corrected chi connectivity index (χ0v) is 18.4. The highest BCUT2D eigenvalue weighted by molar-refractivity contribution is 9.10. The van der Waals surface area contributed by atoms with Gasteiger partial charge < -0.3 is 15.0 Å². The Labute approximate surface area is 180 Å². The van der Waals surface area contributed by atoms with Crippen molar-refractivity contribution in [1.82, 2.24) is 15.2 Å². The predicted octanol–water partition coefficient (Wildman–Crippen LogP) is 3.66. The smallest absolute Gasteiger partial charge is 0.338 e. The number of ether oxygens (including phenoxy) is 1. The number of thiazole rings is 1. The van der Waals surface area contributed by atoms with Crippen LogP contribution in [0.2, 0.25) is 0 Å². The standard InChI is InChI=1S/C20H20BrFN4O2S/c1-3-28-20(27)16-15-9-12(23-2)10-26(15)18(19-24-6-7-29-19)25-17(16)13-5-4-11(22)8-14(13)21/h4-8,12,17,23H,3,9-10H2,1-2H3/t12-,17?/m1/s1. The number of halogens is 2. The molecule has 2 aliphatic heterocycles. The third-order valence-electron chi connectivity index (χ3n) is 5.04. The van der Waals surface area contributed by atoms with Crippen molar-refractivity contribution in [2.45, 2.75) is 25.4 Å². The van der Waals surface area contributed by atoms with Gasteiger partial charge in [-0.3, -0.25) is 4.99 Å². The molecule has 3 heterocycles. The first kappa shape index (κ1) is 20.2. The first-order valence-electron chi connectivity index (χ1n) is 9.31. The monoisotopic (exact) mass is 478 g/mol. The Morgan fingerprint density at radius 3 is 2.97 bits per heavy atom. The molecule has 4 rings (SSSR count). The summed E-state index contributed by atoms with van der Waals surface area (Å²) in [5.74, 6) is -0.0296. The number of hydrogen-bond donors (Lipinski definition) is 1. The quantitative estimate of drug-likeness (QED) is 0.664. The second-order valence-electron chi connectivity index (χ2n) is 6.74. The fourth-order valence-electron chi connectivity index (χ4n) is 3.71. The van der Waals surface area contributed by atoms with Crippen molar-refractivity contribution in [1.29, 1.82) is 0 Å². The summed E-state index contributed by atoms with van der Waals surface area (Å²) < 4.78 is 19.7. The van der Waals surface area contributed by atoms with E-state index < -0.39 is 12.0 Å². The van der Waals surface area contributed by atoms with Crippen LogP contribution in [-0.4, -0.2) is 47.9 Å². The van der Waals surface area contributed by atoms with Crippen LogP contribution in [0.3, 0.4) is 0 Å². The summed E-state index contributed by atoms with van der Waals surface area (Å²) in [4.78, 5) is 24.4. The lowest BCUT2D eigenvalue weighted by atomic mass is 9.94. The molecule has 6 nitrogen and oxygen atoms in total. The van der Waals surface area contributed by atoms with Crippen LogP contribution in [0.25, 0.3) is 0 Å². The van der Waals surface area contributed by atoms with Crippen LogP contribution in [-0.2, 0) is 9.53 Å². The van der Waals surface area contributed by atoms with Gasteiger partial charge in [-0.15, -0.1) is 11.3 Å². The van der Waals surface area contributed by atoms with E-state index in [2.05, 4.69) is 31.1 Å². The highest BCUT2D eigenvalue weighted by atomic mass is 79.9. The Bertz CT molecular complexity index is 992. The molecule has 1 aromatic carbocycles. The molecule has 0 spiro atoms. The van der Waals surface area contributed by atoms with Gasteiger partial charge in [0, 0.05) is 40.8 Å². The SMILES string of the molecule is CCOC(=O)C1=C2C[C@@H](NC)CN2C(c2nccs2)=NC1c1ccc(F)cc1Br. The first-order chi connectivity index (χ1) is 14.0. The maximum atomic E-state index is 13.7. The molecular weight excluding hydrogens is 459 g/mol. The average Bonchev–Trinajstić information content (AvgIpc) is 3.37. The van der Waals surface area contributed by atoms with Crippen molar-refractivity contribution >= 4 is 39.1 Å². The molecule has 0 saturated carbocycles. The molecule has 9 heteroatoms. The number of aliphatic imine (C=N–C) groups is 1. The van der Waals surface area contributed by atoms with Crippen molar-refractivity contribution in [3.8, 4) is 0 Å². The van der Waals surface area contributed by atoms with E-state index in [1.165, 1.54) is 23.5 Å². The summed E-state index contributed by atoms with van der Waals surface area (Å²) in [7, 11) is 1.90. The van der Waals surface area contributed by atoms with Gasteiger partial charge in [0.1, 0.15) is 11.9 Å². The number of likely N-dealkylation sites (N-methyl/N-ethyl adjacent to an activating group) is 1. The predicted molar refractivity (Wildman–Crippen MR) is 113 cm³/mol. The zero-order valence-electron chi connectivity index (χ0n) is 16.0. The molecule has 0 radical (unpaired) electrons. The largest absolute Gasteiger partial charge is 0.463 e. The fourth-order valence-corrected chi connectivity index (χ4v) is 4.92. The molecule has 1 aromatic heterocycles. The van der Waals surface area contributed by atoms with Gasteiger partial charge in [0.05, 0.1) is 12.2 Å². The van der Waals surface area contributed by atoms with Crippen LogP contribution in [0, 0.1) is 5.82 Å². The highest BCUT2D eigenvalue weighted by Crippen LogP contribution is 2.42. The molecule has 0 amide bonds. The molecule has 2 aliphatic rings. The first-order valence-corrected chi connectivity index (χ1v) is 11.0. The van der Waals surface area contributed by atoms with Crippen molar-refractivity contribution in [3.05, 3.63) is 61.9 Å². The van der Waals surface area contributed by atoms with E-state index in [4.69, 9.17) is 9.73 Å². The van der Waals surface area contributed by atoms with Gasteiger partial charge in [0.25, 0.3) is 0 Å². The molecular formula is C20H20BrFN4O2S. The van der Waals surface area contributed by atoms with Crippen molar-refractivity contribution in [2.24, 2.45) is 4.99 Å². The lowest BCUT2D eigenvalue weighted by Gasteiger charge is -2.31. The van der Waals surface area contributed by atoms with Gasteiger partial charge in [-0.1, -0.05) is 22.0 Å². The van der Waals surface area contributed by atoms with Crippen LogP contribution >= 0.6 is 27.3 Å². The van der Waals surface area contributed by atoms with Crippen molar-refractivity contribution in [3.63, 3.8) is 0 Å². The number of benzene rings is 1. The number of carbonyl (C=O) groups is 1. The summed E-state index contributed by atoms with van der Waals surface area (Å²) in [6.07, 6.45) is 2.41. The summed E-state index contributed by atoms with van der Waals surface area (Å²) >= 11 is 4.94. The maximum Gasteiger partial charge on any atom is 0.338 e. The third-order valence-corrected chi connectivity index (χ3v) is 6.50. The second kappa shape index (κ2) is 8.33. The topological polar surface area (TPSA) is 66.8 Å². The van der Waals surface area contributed by atoms with Gasteiger partial charge in [0.15, 0.2) is 10.8 Å². The number of amidine groups is 1. The van der Waals surface area contributed by atoms with Gasteiger partial charge in [-0.25, -0.2) is 14.2 Å².